The Labute approximate surface area is 148 Å². The normalized spacial score (nSPS) is 10.5. The predicted molar refractivity (Wildman–Crippen MR) is 93.9 cm³/mol. The Balaban J connectivity index is 2.24. The highest BCUT2D eigenvalue weighted by molar-refractivity contribution is 9.10. The van der Waals surface area contributed by atoms with Gasteiger partial charge in [0.15, 0.2) is 0 Å². The standard InChI is InChI=1S/C18H19BrFNO3/c1-24-17-8-6-13(19)11-12(17)5-7-14-15(3-2-4-16(14)20)18(23)21-9-10-22/h2-4,6,8,11,22H,5,7,9-10H2,1H3,(H,21,23). The number of carbonyl (C=O) groups is 1. The van der Waals surface area contributed by atoms with Crippen LogP contribution < -0.4 is 10.1 Å². The van der Waals surface area contributed by atoms with Crippen molar-refractivity contribution < 1.29 is 19.0 Å². The molecule has 2 N–H and O–H groups in total. The van der Waals surface area contributed by atoms with Crippen LogP contribution in [0.2, 0.25) is 0 Å². The first kappa shape index (κ1) is 18.4. The van der Waals surface area contributed by atoms with Crippen LogP contribution in [-0.2, 0) is 12.8 Å². The number of rotatable bonds is 7. The molecule has 0 aromatic heterocycles. The molecular weight excluding hydrogens is 377 g/mol. The van der Waals surface area contributed by atoms with E-state index in [2.05, 4.69) is 21.2 Å². The van der Waals surface area contributed by atoms with Gasteiger partial charge in [-0.1, -0.05) is 22.0 Å². The van der Waals surface area contributed by atoms with Crippen molar-refractivity contribution in [2.24, 2.45) is 0 Å². The minimum atomic E-state index is -0.416. The van der Waals surface area contributed by atoms with Crippen molar-refractivity contribution in [2.45, 2.75) is 12.8 Å². The Morgan fingerprint density at radius 3 is 2.79 bits per heavy atom. The van der Waals surface area contributed by atoms with Crippen LogP contribution in [0.1, 0.15) is 21.5 Å². The van der Waals surface area contributed by atoms with Gasteiger partial charge in [-0.3, -0.25) is 4.79 Å². The van der Waals surface area contributed by atoms with Gasteiger partial charge in [0, 0.05) is 22.1 Å². The second kappa shape index (κ2) is 8.80. The molecule has 0 saturated carbocycles. The average Bonchev–Trinajstić information content (AvgIpc) is 2.58. The maximum atomic E-state index is 14.2. The molecule has 1 amide bonds. The van der Waals surface area contributed by atoms with E-state index in [0.717, 1.165) is 15.8 Å². The number of methoxy groups -OCH3 is 1. The van der Waals surface area contributed by atoms with Gasteiger partial charge in [-0.05, 0) is 48.7 Å². The Morgan fingerprint density at radius 1 is 1.29 bits per heavy atom. The Bertz CT molecular complexity index is 721. The molecular formula is C18H19BrFNO3. The van der Waals surface area contributed by atoms with Crippen molar-refractivity contribution >= 4 is 21.8 Å². The van der Waals surface area contributed by atoms with Gasteiger partial charge < -0.3 is 15.2 Å². The molecule has 128 valence electrons. The number of aliphatic hydroxyl groups is 1. The molecule has 2 aromatic rings. The van der Waals surface area contributed by atoms with E-state index >= 15 is 0 Å². The number of nitrogens with one attached hydrogen (secondary N) is 1. The van der Waals surface area contributed by atoms with Crippen LogP contribution in [0.3, 0.4) is 0 Å². The maximum Gasteiger partial charge on any atom is 0.251 e. The molecule has 6 heteroatoms. The van der Waals surface area contributed by atoms with Crippen molar-refractivity contribution in [3.05, 3.63) is 63.4 Å². The van der Waals surface area contributed by atoms with Crippen LogP contribution in [0.5, 0.6) is 5.75 Å². The fraction of sp³-hybridized carbons (Fsp3) is 0.278. The van der Waals surface area contributed by atoms with E-state index in [1.807, 2.05) is 18.2 Å². The lowest BCUT2D eigenvalue weighted by Crippen LogP contribution is -2.27. The second-order valence-electron chi connectivity index (χ2n) is 5.20. The van der Waals surface area contributed by atoms with Gasteiger partial charge in [0.25, 0.3) is 5.91 Å². The van der Waals surface area contributed by atoms with Crippen LogP contribution >= 0.6 is 15.9 Å². The molecule has 0 unspecified atom stereocenters. The fourth-order valence-corrected chi connectivity index (χ4v) is 2.90. The molecule has 0 aliphatic heterocycles. The highest BCUT2D eigenvalue weighted by Gasteiger charge is 2.15. The van der Waals surface area contributed by atoms with Crippen LogP contribution in [0.4, 0.5) is 4.39 Å². The Kier molecular flexibility index (Phi) is 6.75. The predicted octanol–water partition coefficient (Wildman–Crippen LogP) is 3.10. The summed E-state index contributed by atoms with van der Waals surface area (Å²) in [5.74, 6) is -0.0822. The number of halogens is 2. The topological polar surface area (TPSA) is 58.6 Å². The molecule has 0 fully saturated rings. The monoisotopic (exact) mass is 395 g/mol. The summed E-state index contributed by atoms with van der Waals surface area (Å²) < 4.78 is 20.5. The first-order valence-corrected chi connectivity index (χ1v) is 8.35. The lowest BCUT2D eigenvalue weighted by molar-refractivity contribution is 0.0943. The van der Waals surface area contributed by atoms with Gasteiger partial charge in [0.2, 0.25) is 0 Å². The molecule has 0 atom stereocenters. The summed E-state index contributed by atoms with van der Waals surface area (Å²) in [6.07, 6.45) is 0.894. The van der Waals surface area contributed by atoms with E-state index in [1.165, 1.54) is 12.1 Å². The highest BCUT2D eigenvalue weighted by atomic mass is 79.9. The quantitative estimate of drug-likeness (QED) is 0.756. The van der Waals surface area contributed by atoms with Crippen molar-refractivity contribution in [1.82, 2.24) is 5.32 Å². The summed E-state index contributed by atoms with van der Waals surface area (Å²) >= 11 is 3.41. The van der Waals surface area contributed by atoms with Crippen LogP contribution in [-0.4, -0.2) is 31.3 Å². The molecule has 0 bridgehead atoms. The molecule has 0 saturated heterocycles. The van der Waals surface area contributed by atoms with Gasteiger partial charge in [0.1, 0.15) is 11.6 Å². The summed E-state index contributed by atoms with van der Waals surface area (Å²) in [7, 11) is 1.59. The van der Waals surface area contributed by atoms with Crippen molar-refractivity contribution in [3.63, 3.8) is 0 Å². The zero-order valence-corrected chi connectivity index (χ0v) is 14.9. The lowest BCUT2D eigenvalue weighted by Gasteiger charge is -2.13. The van der Waals surface area contributed by atoms with Crippen LogP contribution in [0, 0.1) is 5.82 Å². The molecule has 0 radical (unpaired) electrons. The maximum absolute atomic E-state index is 14.2. The van der Waals surface area contributed by atoms with E-state index in [-0.39, 0.29) is 24.6 Å². The van der Waals surface area contributed by atoms with Crippen molar-refractivity contribution in [2.75, 3.05) is 20.3 Å². The summed E-state index contributed by atoms with van der Waals surface area (Å²) in [4.78, 5) is 12.1. The van der Waals surface area contributed by atoms with E-state index in [0.29, 0.717) is 18.4 Å². The number of aliphatic hydroxyl groups excluding tert-OH is 1. The molecule has 2 rings (SSSR count). The average molecular weight is 396 g/mol. The number of hydrogen-bond acceptors (Lipinski definition) is 3. The van der Waals surface area contributed by atoms with Crippen LogP contribution in [0.25, 0.3) is 0 Å². The third-order valence-corrected chi connectivity index (χ3v) is 4.14. The van der Waals surface area contributed by atoms with Gasteiger partial charge >= 0.3 is 0 Å². The number of ether oxygens (including phenoxy) is 1. The zero-order chi connectivity index (χ0) is 17.5. The van der Waals surface area contributed by atoms with Gasteiger partial charge in [-0.15, -0.1) is 0 Å². The third-order valence-electron chi connectivity index (χ3n) is 3.65. The van der Waals surface area contributed by atoms with Crippen molar-refractivity contribution in [3.8, 4) is 5.75 Å². The summed E-state index contributed by atoms with van der Waals surface area (Å²) in [6.45, 7) is -0.0279. The number of carbonyl (C=O) groups excluding carboxylic acids is 1. The van der Waals surface area contributed by atoms with E-state index < -0.39 is 5.82 Å². The Morgan fingerprint density at radius 2 is 2.08 bits per heavy atom. The number of amides is 1. The number of hydrogen-bond donors (Lipinski definition) is 2. The zero-order valence-electron chi connectivity index (χ0n) is 13.3. The molecule has 2 aromatic carbocycles. The van der Waals surface area contributed by atoms with Crippen LogP contribution in [0.15, 0.2) is 40.9 Å². The molecule has 0 aliphatic carbocycles. The second-order valence-corrected chi connectivity index (χ2v) is 6.12. The number of benzene rings is 2. The van der Waals surface area contributed by atoms with E-state index in [9.17, 15) is 9.18 Å². The first-order chi connectivity index (χ1) is 11.6. The Hall–Kier alpha value is -1.92. The fourth-order valence-electron chi connectivity index (χ4n) is 2.49. The highest BCUT2D eigenvalue weighted by Crippen LogP contribution is 2.25. The van der Waals surface area contributed by atoms with Gasteiger partial charge in [-0.2, -0.15) is 0 Å². The molecule has 0 spiro atoms. The summed E-state index contributed by atoms with van der Waals surface area (Å²) in [5.41, 5.74) is 1.57. The first-order valence-electron chi connectivity index (χ1n) is 7.55. The van der Waals surface area contributed by atoms with E-state index in [1.54, 1.807) is 13.2 Å². The summed E-state index contributed by atoms with van der Waals surface area (Å²) in [6, 6.07) is 10.1. The molecule has 24 heavy (non-hydrogen) atoms. The van der Waals surface area contributed by atoms with Gasteiger partial charge in [0.05, 0.1) is 13.7 Å². The lowest BCUT2D eigenvalue weighted by atomic mass is 9.98. The SMILES string of the molecule is COc1ccc(Br)cc1CCc1c(F)cccc1C(=O)NCCO. The minimum absolute atomic E-state index is 0.133. The van der Waals surface area contributed by atoms with Crippen molar-refractivity contribution in [1.29, 1.82) is 0 Å². The molecule has 0 aliphatic rings. The smallest absolute Gasteiger partial charge is 0.251 e. The molecule has 4 nitrogen and oxygen atoms in total. The molecule has 0 heterocycles. The number of aryl methyl sites for hydroxylation is 1. The minimum Gasteiger partial charge on any atom is -0.496 e. The summed E-state index contributed by atoms with van der Waals surface area (Å²) in [5, 5.41) is 11.4. The van der Waals surface area contributed by atoms with Gasteiger partial charge in [-0.25, -0.2) is 4.39 Å². The largest absolute Gasteiger partial charge is 0.496 e. The van der Waals surface area contributed by atoms with E-state index in [4.69, 9.17) is 9.84 Å². The third kappa shape index (κ3) is 4.55.